The van der Waals surface area contributed by atoms with E-state index in [1.807, 2.05) is 18.2 Å². The molecule has 0 aliphatic carbocycles. The topological polar surface area (TPSA) is 38.7 Å². The van der Waals surface area contributed by atoms with Crippen molar-refractivity contribution in [3.8, 4) is 11.3 Å². The van der Waals surface area contributed by atoms with E-state index in [0.29, 0.717) is 0 Å². The van der Waals surface area contributed by atoms with Gasteiger partial charge in [0.15, 0.2) is 0 Å². The minimum atomic E-state index is 0.809. The smallest absolute Gasteiger partial charge is 0.116 e. The van der Waals surface area contributed by atoms with Crippen LogP contribution in [0, 0.1) is 0 Å². The number of pyridine rings is 1. The highest BCUT2D eigenvalue weighted by Gasteiger charge is 1.98. The van der Waals surface area contributed by atoms with Crippen LogP contribution in [-0.4, -0.2) is 15.0 Å². The summed E-state index contributed by atoms with van der Waals surface area (Å²) in [4.78, 5) is 12.0. The molecule has 64 valence electrons. The SMILES string of the molecule is Brc1cc(-c2ccncn2)ccn1. The molecule has 4 heteroatoms. The van der Waals surface area contributed by atoms with E-state index in [2.05, 4.69) is 30.9 Å². The summed E-state index contributed by atoms with van der Waals surface area (Å²) >= 11 is 3.30. The van der Waals surface area contributed by atoms with Gasteiger partial charge < -0.3 is 0 Å². The summed E-state index contributed by atoms with van der Waals surface area (Å²) in [5.74, 6) is 0. The Kier molecular flexibility index (Phi) is 2.31. The van der Waals surface area contributed by atoms with Crippen LogP contribution in [0.15, 0.2) is 41.5 Å². The molecule has 0 radical (unpaired) electrons. The van der Waals surface area contributed by atoms with Gasteiger partial charge in [0.25, 0.3) is 0 Å². The zero-order valence-electron chi connectivity index (χ0n) is 6.68. The number of nitrogens with zero attached hydrogens (tertiary/aromatic N) is 3. The molecule has 0 unspecified atom stereocenters. The Bertz CT molecular complexity index is 403. The predicted octanol–water partition coefficient (Wildman–Crippen LogP) is 2.30. The number of halogens is 1. The molecule has 0 spiro atoms. The van der Waals surface area contributed by atoms with Crippen LogP contribution in [0.1, 0.15) is 0 Å². The van der Waals surface area contributed by atoms with E-state index in [0.717, 1.165) is 15.9 Å². The maximum Gasteiger partial charge on any atom is 0.116 e. The molecule has 0 saturated heterocycles. The molecule has 3 nitrogen and oxygen atoms in total. The van der Waals surface area contributed by atoms with Gasteiger partial charge in [0.05, 0.1) is 5.69 Å². The van der Waals surface area contributed by atoms with Crippen LogP contribution in [0.3, 0.4) is 0 Å². The monoisotopic (exact) mass is 235 g/mol. The molecule has 2 heterocycles. The third kappa shape index (κ3) is 1.89. The number of rotatable bonds is 1. The predicted molar refractivity (Wildman–Crippen MR) is 53.0 cm³/mol. The largest absolute Gasteiger partial charge is 0.249 e. The van der Waals surface area contributed by atoms with Crippen LogP contribution in [0.5, 0.6) is 0 Å². The minimum absolute atomic E-state index is 0.809. The maximum atomic E-state index is 4.13. The van der Waals surface area contributed by atoms with Gasteiger partial charge in [-0.05, 0) is 34.1 Å². The first-order valence-electron chi connectivity index (χ1n) is 3.74. The van der Waals surface area contributed by atoms with E-state index in [4.69, 9.17) is 0 Å². The highest BCUT2D eigenvalue weighted by atomic mass is 79.9. The fourth-order valence-corrected chi connectivity index (χ4v) is 1.39. The fraction of sp³-hybridized carbons (Fsp3) is 0. The summed E-state index contributed by atoms with van der Waals surface area (Å²) in [6.45, 7) is 0. The second-order valence-corrected chi connectivity index (χ2v) is 3.27. The molecule has 13 heavy (non-hydrogen) atoms. The molecule has 2 rings (SSSR count). The zero-order chi connectivity index (χ0) is 9.10. The quantitative estimate of drug-likeness (QED) is 0.713. The van der Waals surface area contributed by atoms with Crippen molar-refractivity contribution in [1.82, 2.24) is 15.0 Å². The molecular formula is C9H6BrN3. The Labute approximate surface area is 84.0 Å². The first kappa shape index (κ1) is 8.31. The summed E-state index contributed by atoms with van der Waals surface area (Å²) in [7, 11) is 0. The van der Waals surface area contributed by atoms with Crippen LogP contribution >= 0.6 is 15.9 Å². The second-order valence-electron chi connectivity index (χ2n) is 2.46. The highest BCUT2D eigenvalue weighted by Crippen LogP contribution is 2.17. The molecule has 0 aliphatic heterocycles. The lowest BCUT2D eigenvalue weighted by atomic mass is 10.2. The van der Waals surface area contributed by atoms with Gasteiger partial charge in [-0.2, -0.15) is 0 Å². The van der Waals surface area contributed by atoms with Gasteiger partial charge in [-0.1, -0.05) is 0 Å². The lowest BCUT2D eigenvalue weighted by Gasteiger charge is -1.98. The minimum Gasteiger partial charge on any atom is -0.249 e. The van der Waals surface area contributed by atoms with Crippen LogP contribution in [-0.2, 0) is 0 Å². The first-order chi connectivity index (χ1) is 6.36. The van der Waals surface area contributed by atoms with E-state index < -0.39 is 0 Å². The summed E-state index contributed by atoms with van der Waals surface area (Å²) < 4.78 is 0.809. The molecule has 0 N–H and O–H groups in total. The maximum absolute atomic E-state index is 4.13. The Morgan fingerprint density at radius 2 is 2.00 bits per heavy atom. The molecule has 2 aromatic rings. The highest BCUT2D eigenvalue weighted by molar-refractivity contribution is 9.10. The summed E-state index contributed by atoms with van der Waals surface area (Å²) in [5.41, 5.74) is 1.93. The third-order valence-electron chi connectivity index (χ3n) is 1.60. The normalized spacial score (nSPS) is 9.92. The van der Waals surface area contributed by atoms with Gasteiger partial charge in [-0.3, -0.25) is 0 Å². The number of hydrogen-bond donors (Lipinski definition) is 0. The van der Waals surface area contributed by atoms with Crippen molar-refractivity contribution in [2.45, 2.75) is 0 Å². The Morgan fingerprint density at radius 3 is 2.69 bits per heavy atom. The molecule has 0 aromatic carbocycles. The van der Waals surface area contributed by atoms with Crippen molar-refractivity contribution in [2.75, 3.05) is 0 Å². The van der Waals surface area contributed by atoms with Gasteiger partial charge >= 0.3 is 0 Å². The standard InChI is InChI=1S/C9H6BrN3/c10-9-5-7(1-4-12-9)8-2-3-11-6-13-8/h1-6H. The lowest BCUT2D eigenvalue weighted by Crippen LogP contribution is -1.84. The van der Waals surface area contributed by atoms with Crippen molar-refractivity contribution >= 4 is 15.9 Å². The van der Waals surface area contributed by atoms with E-state index in [1.54, 1.807) is 12.4 Å². The molecule has 0 amide bonds. The summed E-state index contributed by atoms with van der Waals surface area (Å²) in [6, 6.07) is 5.69. The van der Waals surface area contributed by atoms with Crippen molar-refractivity contribution in [1.29, 1.82) is 0 Å². The van der Waals surface area contributed by atoms with Gasteiger partial charge in [-0.15, -0.1) is 0 Å². The zero-order valence-corrected chi connectivity index (χ0v) is 8.27. The van der Waals surface area contributed by atoms with E-state index in [9.17, 15) is 0 Å². The molecular weight excluding hydrogens is 230 g/mol. The second kappa shape index (κ2) is 3.62. The summed E-state index contributed by atoms with van der Waals surface area (Å²) in [6.07, 6.45) is 4.99. The van der Waals surface area contributed by atoms with Crippen LogP contribution in [0.4, 0.5) is 0 Å². The van der Waals surface area contributed by atoms with E-state index in [-0.39, 0.29) is 0 Å². The third-order valence-corrected chi connectivity index (χ3v) is 2.04. The Morgan fingerprint density at radius 1 is 1.08 bits per heavy atom. The van der Waals surface area contributed by atoms with Gasteiger partial charge in [0.2, 0.25) is 0 Å². The van der Waals surface area contributed by atoms with E-state index in [1.165, 1.54) is 6.33 Å². The number of aromatic nitrogens is 3. The van der Waals surface area contributed by atoms with Gasteiger partial charge in [-0.25, -0.2) is 15.0 Å². The van der Waals surface area contributed by atoms with Crippen molar-refractivity contribution < 1.29 is 0 Å². The molecule has 0 aliphatic rings. The molecule has 0 saturated carbocycles. The molecule has 0 bridgehead atoms. The Balaban J connectivity index is 2.48. The number of hydrogen-bond acceptors (Lipinski definition) is 3. The van der Waals surface area contributed by atoms with Gasteiger partial charge in [0.1, 0.15) is 10.9 Å². The summed E-state index contributed by atoms with van der Waals surface area (Å²) in [5, 5.41) is 0. The molecule has 0 atom stereocenters. The van der Waals surface area contributed by atoms with Gasteiger partial charge in [0, 0.05) is 18.0 Å². The van der Waals surface area contributed by atoms with Crippen LogP contribution < -0.4 is 0 Å². The Hall–Kier alpha value is -1.29. The van der Waals surface area contributed by atoms with Crippen molar-refractivity contribution in [2.24, 2.45) is 0 Å². The average Bonchev–Trinajstić information content (AvgIpc) is 2.19. The van der Waals surface area contributed by atoms with Crippen LogP contribution in [0.2, 0.25) is 0 Å². The van der Waals surface area contributed by atoms with E-state index >= 15 is 0 Å². The molecule has 2 aromatic heterocycles. The lowest BCUT2D eigenvalue weighted by molar-refractivity contribution is 1.17. The molecule has 0 fully saturated rings. The fourth-order valence-electron chi connectivity index (χ4n) is 1.02. The average molecular weight is 236 g/mol. The van der Waals surface area contributed by atoms with Crippen LogP contribution in [0.25, 0.3) is 11.3 Å². The van der Waals surface area contributed by atoms with Crippen molar-refractivity contribution in [3.05, 3.63) is 41.5 Å². The van der Waals surface area contributed by atoms with Crippen molar-refractivity contribution in [3.63, 3.8) is 0 Å². The first-order valence-corrected chi connectivity index (χ1v) is 4.53.